The van der Waals surface area contributed by atoms with Crippen molar-refractivity contribution in [3.63, 3.8) is 0 Å². The first-order valence-corrected chi connectivity index (χ1v) is 24.8. The number of carbonyl (C=O) groups is 2. The topological polar surface area (TPSA) is 108 Å². The molecule has 60 heavy (non-hydrogen) atoms. The Morgan fingerprint density at radius 3 is 1.40 bits per heavy atom. The summed E-state index contributed by atoms with van der Waals surface area (Å²) in [5, 5.41) is 0. The Balaban J connectivity index is 4.48. The van der Waals surface area contributed by atoms with Crippen LogP contribution in [0.25, 0.3) is 0 Å². The second kappa shape index (κ2) is 41.5. The number of nitrogens with zero attached hydrogens (tertiary/aromatic N) is 1. The maximum atomic E-state index is 12.7. The molecule has 9 nitrogen and oxygen atoms in total. The van der Waals surface area contributed by atoms with Gasteiger partial charge < -0.3 is 18.9 Å². The molecule has 10 heteroatoms. The molecule has 0 bridgehead atoms. The van der Waals surface area contributed by atoms with E-state index in [0.717, 1.165) is 57.8 Å². The van der Waals surface area contributed by atoms with Gasteiger partial charge in [0.25, 0.3) is 0 Å². The lowest BCUT2D eigenvalue weighted by molar-refractivity contribution is -0.870. The van der Waals surface area contributed by atoms with Crippen molar-refractivity contribution >= 4 is 19.8 Å². The number of rotatable bonds is 41. The Kier molecular flexibility index (Phi) is 39.6. The lowest BCUT2D eigenvalue weighted by atomic mass is 10.1. The van der Waals surface area contributed by atoms with Crippen molar-refractivity contribution in [2.24, 2.45) is 0 Å². The highest BCUT2D eigenvalue weighted by molar-refractivity contribution is 7.47. The molecule has 0 aliphatic heterocycles. The number of ether oxygens (including phenoxy) is 2. The van der Waals surface area contributed by atoms with Crippen LogP contribution in [-0.4, -0.2) is 74.9 Å². The van der Waals surface area contributed by atoms with Crippen molar-refractivity contribution in [3.8, 4) is 0 Å². The van der Waals surface area contributed by atoms with Crippen molar-refractivity contribution in [2.45, 2.75) is 174 Å². The Morgan fingerprint density at radius 1 is 0.517 bits per heavy atom. The van der Waals surface area contributed by atoms with Crippen LogP contribution in [-0.2, 0) is 32.7 Å². The predicted octanol–water partition coefficient (Wildman–Crippen LogP) is 13.6. The molecule has 0 aliphatic rings. The fourth-order valence-corrected chi connectivity index (χ4v) is 6.47. The molecule has 0 heterocycles. The van der Waals surface area contributed by atoms with Gasteiger partial charge in [0.15, 0.2) is 6.10 Å². The number of quaternary nitrogens is 1. The first-order valence-electron chi connectivity index (χ1n) is 23.3. The minimum Gasteiger partial charge on any atom is -0.462 e. The number of esters is 2. The van der Waals surface area contributed by atoms with Crippen LogP contribution in [0.15, 0.2) is 85.1 Å². The molecule has 0 fully saturated rings. The molecule has 0 aromatic heterocycles. The highest BCUT2D eigenvalue weighted by atomic mass is 31.2. The first kappa shape index (κ1) is 57.2. The lowest BCUT2D eigenvalue weighted by Crippen LogP contribution is -2.37. The third-order valence-corrected chi connectivity index (χ3v) is 10.4. The van der Waals surface area contributed by atoms with Crippen LogP contribution in [0.2, 0.25) is 0 Å². The van der Waals surface area contributed by atoms with E-state index in [1.807, 2.05) is 33.3 Å². The molecule has 0 aromatic rings. The summed E-state index contributed by atoms with van der Waals surface area (Å²) in [4.78, 5) is 35.4. The summed E-state index contributed by atoms with van der Waals surface area (Å²) in [5.74, 6) is -0.910. The molecule has 344 valence electrons. The Morgan fingerprint density at radius 2 is 0.933 bits per heavy atom. The van der Waals surface area contributed by atoms with E-state index in [1.54, 1.807) is 0 Å². The van der Waals surface area contributed by atoms with Crippen LogP contribution in [0.1, 0.15) is 168 Å². The molecule has 0 saturated carbocycles. The van der Waals surface area contributed by atoms with Crippen LogP contribution in [0.5, 0.6) is 0 Å². The summed E-state index contributed by atoms with van der Waals surface area (Å²) in [6, 6.07) is 0. The zero-order valence-electron chi connectivity index (χ0n) is 38.7. The number of hydrogen-bond donors (Lipinski definition) is 1. The van der Waals surface area contributed by atoms with Crippen molar-refractivity contribution in [1.82, 2.24) is 0 Å². The Hall–Kier alpha value is -2.81. The fraction of sp³-hybridized carbons (Fsp3) is 0.680. The number of likely N-dealkylation sites (N-methyl/N-ethyl adjacent to an activating group) is 1. The largest absolute Gasteiger partial charge is 0.472 e. The van der Waals surface area contributed by atoms with Crippen LogP contribution < -0.4 is 0 Å². The van der Waals surface area contributed by atoms with Crippen LogP contribution >= 0.6 is 7.82 Å². The Labute approximate surface area is 367 Å². The average molecular weight is 861 g/mol. The van der Waals surface area contributed by atoms with Gasteiger partial charge >= 0.3 is 19.8 Å². The van der Waals surface area contributed by atoms with E-state index in [-0.39, 0.29) is 26.1 Å². The molecule has 0 spiro atoms. The second-order valence-corrected chi connectivity index (χ2v) is 17.9. The maximum absolute atomic E-state index is 12.7. The third kappa shape index (κ3) is 44.7. The molecule has 0 aromatic carbocycles. The van der Waals surface area contributed by atoms with E-state index in [1.165, 1.54) is 70.6 Å². The van der Waals surface area contributed by atoms with E-state index in [2.05, 4.69) is 86.8 Å². The second-order valence-electron chi connectivity index (χ2n) is 16.4. The van der Waals surface area contributed by atoms with Gasteiger partial charge in [-0.2, -0.15) is 0 Å². The normalized spacial score (nSPS) is 14.3. The van der Waals surface area contributed by atoms with E-state index in [4.69, 9.17) is 18.5 Å². The average Bonchev–Trinajstić information content (AvgIpc) is 3.20. The maximum Gasteiger partial charge on any atom is 0.472 e. The van der Waals surface area contributed by atoms with Gasteiger partial charge in [-0.3, -0.25) is 18.6 Å². The third-order valence-electron chi connectivity index (χ3n) is 9.41. The molecule has 2 atom stereocenters. The van der Waals surface area contributed by atoms with Crippen LogP contribution in [0, 0.1) is 0 Å². The van der Waals surface area contributed by atoms with Crippen molar-refractivity contribution in [3.05, 3.63) is 85.1 Å². The van der Waals surface area contributed by atoms with Gasteiger partial charge in [-0.1, -0.05) is 157 Å². The minimum absolute atomic E-state index is 0.0127. The van der Waals surface area contributed by atoms with Crippen molar-refractivity contribution in [1.29, 1.82) is 0 Å². The minimum atomic E-state index is -4.40. The number of allylic oxidation sites excluding steroid dienone is 14. The molecule has 1 N–H and O–H groups in total. The van der Waals surface area contributed by atoms with Gasteiger partial charge in [0, 0.05) is 12.8 Å². The molecular formula is C50H87NO8P+. The highest BCUT2D eigenvalue weighted by Crippen LogP contribution is 2.43. The molecule has 0 aliphatic carbocycles. The first-order chi connectivity index (χ1) is 29.0. The lowest BCUT2D eigenvalue weighted by Gasteiger charge is -2.24. The zero-order valence-corrected chi connectivity index (χ0v) is 39.6. The van der Waals surface area contributed by atoms with E-state index < -0.39 is 32.5 Å². The summed E-state index contributed by atoms with van der Waals surface area (Å²) in [6.45, 7) is 4.26. The standard InChI is InChI=1S/C50H86NO8P/c1-6-8-10-12-14-16-18-20-22-24-25-27-29-31-33-35-37-39-41-43-50(53)59-48(47-58-60(54,55)57-45-44-51(3,4)5)46-56-49(52)42-40-38-36-34-32-30-28-26-23-21-19-17-15-13-11-9-7-2/h14-17,20-23,25,27,31,33,37,39,48H,6-13,18-19,24,26,28-30,32,34-36,38,40-47H2,1-5H3/p+1/b16-14-,17-15-,22-20-,23-21-,27-25-,33-31-,39-37-/t48-/m1/s1. The van der Waals surface area contributed by atoms with Crippen LogP contribution in [0.4, 0.5) is 0 Å². The molecule has 0 radical (unpaired) electrons. The monoisotopic (exact) mass is 861 g/mol. The molecule has 1 unspecified atom stereocenters. The smallest absolute Gasteiger partial charge is 0.462 e. The van der Waals surface area contributed by atoms with E-state index >= 15 is 0 Å². The SMILES string of the molecule is CCCCC/C=C\C/C=C\C/C=C\C/C=C\C/C=C\CCC(=O)O[C@H](COC(=O)CCCCCCCCC/C=C\C/C=C\CCCCC)COP(=O)(O)OCC[N+](C)(C)C. The molecule has 0 rings (SSSR count). The Bertz CT molecular complexity index is 1290. The summed E-state index contributed by atoms with van der Waals surface area (Å²) in [6.07, 6.45) is 53.6. The molecule has 0 saturated heterocycles. The number of hydrogen-bond acceptors (Lipinski definition) is 7. The summed E-state index contributed by atoms with van der Waals surface area (Å²) in [5.41, 5.74) is 0. The van der Waals surface area contributed by atoms with Crippen LogP contribution in [0.3, 0.4) is 0 Å². The number of phosphoric acid groups is 1. The van der Waals surface area contributed by atoms with Crippen molar-refractivity contribution < 1.29 is 42.1 Å². The highest BCUT2D eigenvalue weighted by Gasteiger charge is 2.27. The van der Waals surface area contributed by atoms with Gasteiger partial charge in [-0.25, -0.2) is 4.57 Å². The van der Waals surface area contributed by atoms with E-state index in [0.29, 0.717) is 23.9 Å². The predicted molar refractivity (Wildman–Crippen MR) is 252 cm³/mol. The fourth-order valence-electron chi connectivity index (χ4n) is 5.73. The molecule has 0 amide bonds. The van der Waals surface area contributed by atoms with Gasteiger partial charge in [-0.15, -0.1) is 0 Å². The number of unbranched alkanes of at least 4 members (excludes halogenated alkanes) is 13. The van der Waals surface area contributed by atoms with Crippen molar-refractivity contribution in [2.75, 3.05) is 47.5 Å². The van der Waals surface area contributed by atoms with Gasteiger partial charge in [-0.05, 0) is 83.5 Å². The quantitative estimate of drug-likeness (QED) is 0.0213. The summed E-state index contributed by atoms with van der Waals surface area (Å²) < 4.78 is 34.2. The van der Waals surface area contributed by atoms with Gasteiger partial charge in [0.2, 0.25) is 0 Å². The summed E-state index contributed by atoms with van der Waals surface area (Å²) >= 11 is 0. The van der Waals surface area contributed by atoms with Gasteiger partial charge in [0.05, 0.1) is 27.7 Å². The number of carbonyl (C=O) groups excluding carboxylic acids is 2. The summed E-state index contributed by atoms with van der Waals surface area (Å²) in [7, 11) is 1.41. The molecular weight excluding hydrogens is 774 g/mol. The zero-order chi connectivity index (χ0) is 44.3. The van der Waals surface area contributed by atoms with Gasteiger partial charge in [0.1, 0.15) is 19.8 Å². The van der Waals surface area contributed by atoms with E-state index in [9.17, 15) is 19.0 Å². The number of phosphoric ester groups is 1.